The lowest BCUT2D eigenvalue weighted by atomic mass is 9.98. The summed E-state index contributed by atoms with van der Waals surface area (Å²) in [5.74, 6) is 0.805. The predicted octanol–water partition coefficient (Wildman–Crippen LogP) is 4.73. The fourth-order valence-corrected chi connectivity index (χ4v) is 3.96. The Labute approximate surface area is 178 Å². The van der Waals surface area contributed by atoms with Crippen LogP contribution in [0.1, 0.15) is 41.1 Å². The molecule has 0 spiro atoms. The first-order valence-electron chi connectivity index (χ1n) is 10.2. The lowest BCUT2D eigenvalue weighted by Crippen LogP contribution is -2.30. The van der Waals surface area contributed by atoms with Gasteiger partial charge in [-0.2, -0.15) is 0 Å². The van der Waals surface area contributed by atoms with Crippen LogP contribution in [0.4, 0.5) is 5.82 Å². The molecule has 6 nitrogen and oxygen atoms in total. The summed E-state index contributed by atoms with van der Waals surface area (Å²) in [7, 11) is 0. The number of carbonyl (C=O) groups excluding carboxylic acids is 1. The smallest absolute Gasteiger partial charge is 0.296 e. The van der Waals surface area contributed by atoms with Crippen LogP contribution in [0.25, 0.3) is 11.0 Å². The van der Waals surface area contributed by atoms with Gasteiger partial charge in [-0.1, -0.05) is 37.3 Å². The molecule has 31 heavy (non-hydrogen) atoms. The molecule has 2 aromatic heterocycles. The highest BCUT2D eigenvalue weighted by molar-refractivity contribution is 6.10. The summed E-state index contributed by atoms with van der Waals surface area (Å²) in [5, 5.41) is 0.445. The normalized spacial score (nSPS) is 15.3. The van der Waals surface area contributed by atoms with Crippen molar-refractivity contribution in [3.05, 3.63) is 100 Å². The van der Waals surface area contributed by atoms with Gasteiger partial charge in [0.15, 0.2) is 5.43 Å². The maximum Gasteiger partial charge on any atom is 0.296 e. The maximum atomic E-state index is 13.5. The van der Waals surface area contributed by atoms with Gasteiger partial charge in [0, 0.05) is 6.20 Å². The molecule has 2 aromatic carbocycles. The van der Waals surface area contributed by atoms with Crippen LogP contribution in [-0.4, -0.2) is 17.5 Å². The molecule has 5 rings (SSSR count). The van der Waals surface area contributed by atoms with Gasteiger partial charge < -0.3 is 9.15 Å². The molecule has 0 aliphatic carbocycles. The van der Waals surface area contributed by atoms with Gasteiger partial charge in [-0.15, -0.1) is 0 Å². The first-order chi connectivity index (χ1) is 15.2. The van der Waals surface area contributed by atoms with Gasteiger partial charge in [-0.3, -0.25) is 14.5 Å². The molecule has 1 amide bonds. The molecule has 1 aliphatic rings. The van der Waals surface area contributed by atoms with Crippen LogP contribution in [0.15, 0.2) is 82.1 Å². The largest absolute Gasteiger partial charge is 0.494 e. The van der Waals surface area contributed by atoms with Crippen molar-refractivity contribution in [1.29, 1.82) is 0 Å². The van der Waals surface area contributed by atoms with E-state index in [2.05, 4.69) is 4.98 Å². The number of pyridine rings is 1. The fraction of sp³-hybridized carbons (Fsp3) is 0.160. The fourth-order valence-electron chi connectivity index (χ4n) is 3.96. The molecule has 1 aliphatic heterocycles. The Morgan fingerprint density at radius 1 is 1.03 bits per heavy atom. The lowest BCUT2D eigenvalue weighted by molar-refractivity contribution is 0.0970. The van der Waals surface area contributed by atoms with Crippen molar-refractivity contribution in [2.24, 2.45) is 0 Å². The Kier molecular flexibility index (Phi) is 4.75. The number of nitrogens with zero attached hydrogens (tertiary/aromatic N) is 2. The predicted molar refractivity (Wildman–Crippen MR) is 118 cm³/mol. The zero-order valence-electron chi connectivity index (χ0n) is 16.9. The first kappa shape index (κ1) is 19.1. The van der Waals surface area contributed by atoms with E-state index in [1.54, 1.807) is 42.6 Å². The third kappa shape index (κ3) is 3.17. The van der Waals surface area contributed by atoms with Gasteiger partial charge in [0.25, 0.3) is 5.91 Å². The zero-order valence-corrected chi connectivity index (χ0v) is 16.9. The van der Waals surface area contributed by atoms with E-state index in [-0.39, 0.29) is 17.1 Å². The molecular weight excluding hydrogens is 392 g/mol. The molecule has 0 unspecified atom stereocenters. The van der Waals surface area contributed by atoms with Crippen molar-refractivity contribution in [2.45, 2.75) is 19.4 Å². The molecule has 0 N–H and O–H groups in total. The molecule has 6 heteroatoms. The second-order valence-electron chi connectivity index (χ2n) is 7.36. The number of ether oxygens (including phenoxy) is 1. The first-order valence-corrected chi connectivity index (χ1v) is 10.2. The monoisotopic (exact) mass is 412 g/mol. The summed E-state index contributed by atoms with van der Waals surface area (Å²) >= 11 is 0. The van der Waals surface area contributed by atoms with Crippen molar-refractivity contribution in [2.75, 3.05) is 11.5 Å². The van der Waals surface area contributed by atoms with E-state index in [1.807, 2.05) is 37.3 Å². The number of hydrogen-bond donors (Lipinski definition) is 0. The molecule has 0 radical (unpaired) electrons. The average molecular weight is 412 g/mol. The van der Waals surface area contributed by atoms with Crippen molar-refractivity contribution >= 4 is 22.7 Å². The highest BCUT2D eigenvalue weighted by Crippen LogP contribution is 2.41. The summed E-state index contributed by atoms with van der Waals surface area (Å²) < 4.78 is 11.7. The SMILES string of the molecule is CCCOc1cccc([C@@H]2c3c(oc4ccccc4c3=O)C(=O)N2c2ccccn2)c1. The Morgan fingerprint density at radius 3 is 2.68 bits per heavy atom. The standard InChI is InChI=1S/C25H20N2O4/c1-2-14-30-17-9-7-8-16(15-17)22-21-23(28)18-10-3-4-11-19(18)31-24(21)25(29)27(22)20-12-5-6-13-26-20/h3-13,15,22H,2,14H2,1H3/t22-/m1/s1. The number of rotatable bonds is 5. The third-order valence-electron chi connectivity index (χ3n) is 5.32. The van der Waals surface area contributed by atoms with Crippen LogP contribution in [0.2, 0.25) is 0 Å². The molecule has 0 saturated carbocycles. The number of amides is 1. The summed E-state index contributed by atoms with van der Waals surface area (Å²) in [6, 6.07) is 19.1. The van der Waals surface area contributed by atoms with E-state index >= 15 is 0 Å². The van der Waals surface area contributed by atoms with E-state index in [0.29, 0.717) is 34.7 Å². The van der Waals surface area contributed by atoms with Gasteiger partial charge in [-0.25, -0.2) is 4.98 Å². The Bertz CT molecular complexity index is 1330. The van der Waals surface area contributed by atoms with Crippen LogP contribution in [0.3, 0.4) is 0 Å². The van der Waals surface area contributed by atoms with Gasteiger partial charge >= 0.3 is 0 Å². The van der Waals surface area contributed by atoms with Crippen LogP contribution < -0.4 is 15.1 Å². The number of hydrogen-bond acceptors (Lipinski definition) is 5. The second kappa shape index (κ2) is 7.72. The van der Waals surface area contributed by atoms with Crippen LogP contribution in [-0.2, 0) is 0 Å². The minimum atomic E-state index is -0.663. The molecule has 0 bridgehead atoms. The quantitative estimate of drug-likeness (QED) is 0.474. The highest BCUT2D eigenvalue weighted by Gasteiger charge is 2.44. The Balaban J connectivity index is 1.75. The van der Waals surface area contributed by atoms with Crippen molar-refractivity contribution in [3.8, 4) is 5.75 Å². The van der Waals surface area contributed by atoms with Crippen molar-refractivity contribution in [3.63, 3.8) is 0 Å². The van der Waals surface area contributed by atoms with Gasteiger partial charge in [0.05, 0.1) is 23.6 Å². The zero-order chi connectivity index (χ0) is 21.4. The van der Waals surface area contributed by atoms with Gasteiger partial charge in [0.1, 0.15) is 17.2 Å². The average Bonchev–Trinajstić information content (AvgIpc) is 3.11. The van der Waals surface area contributed by atoms with Gasteiger partial charge in [-0.05, 0) is 48.4 Å². The van der Waals surface area contributed by atoms with E-state index < -0.39 is 6.04 Å². The summed E-state index contributed by atoms with van der Waals surface area (Å²) in [6.45, 7) is 2.62. The Morgan fingerprint density at radius 2 is 1.87 bits per heavy atom. The summed E-state index contributed by atoms with van der Waals surface area (Å²) in [4.78, 5) is 32.8. The van der Waals surface area contributed by atoms with E-state index in [1.165, 1.54) is 4.90 Å². The molecule has 1 atom stereocenters. The van der Waals surface area contributed by atoms with E-state index in [0.717, 1.165) is 12.0 Å². The maximum absolute atomic E-state index is 13.5. The topological polar surface area (TPSA) is 72.6 Å². The number of benzene rings is 2. The number of para-hydroxylation sites is 1. The minimum Gasteiger partial charge on any atom is -0.494 e. The molecule has 3 heterocycles. The van der Waals surface area contributed by atoms with Crippen LogP contribution >= 0.6 is 0 Å². The number of anilines is 1. The Hall–Kier alpha value is -3.93. The molecular formula is C25H20N2O4. The second-order valence-corrected chi connectivity index (χ2v) is 7.36. The summed E-state index contributed by atoms with van der Waals surface area (Å²) in [5.41, 5.74) is 1.26. The summed E-state index contributed by atoms with van der Waals surface area (Å²) in [6.07, 6.45) is 2.50. The third-order valence-corrected chi connectivity index (χ3v) is 5.32. The minimum absolute atomic E-state index is 0.0548. The lowest BCUT2D eigenvalue weighted by Gasteiger charge is -2.24. The molecule has 154 valence electrons. The van der Waals surface area contributed by atoms with E-state index in [4.69, 9.17) is 9.15 Å². The van der Waals surface area contributed by atoms with Crippen molar-refractivity contribution in [1.82, 2.24) is 4.98 Å². The van der Waals surface area contributed by atoms with Crippen molar-refractivity contribution < 1.29 is 13.9 Å². The van der Waals surface area contributed by atoms with Crippen LogP contribution in [0.5, 0.6) is 5.75 Å². The molecule has 4 aromatic rings. The highest BCUT2D eigenvalue weighted by atomic mass is 16.5. The molecule has 0 saturated heterocycles. The number of aromatic nitrogens is 1. The van der Waals surface area contributed by atoms with E-state index in [9.17, 15) is 9.59 Å². The number of fused-ring (bicyclic) bond motifs is 2. The van der Waals surface area contributed by atoms with Crippen LogP contribution in [0, 0.1) is 0 Å². The molecule has 0 fully saturated rings. The number of carbonyl (C=O) groups is 1. The van der Waals surface area contributed by atoms with Gasteiger partial charge in [0.2, 0.25) is 5.76 Å².